The lowest BCUT2D eigenvalue weighted by Gasteiger charge is -2.10. The van der Waals surface area contributed by atoms with E-state index in [4.69, 9.17) is 10.2 Å². The predicted octanol–water partition coefficient (Wildman–Crippen LogP) is 2.67. The summed E-state index contributed by atoms with van der Waals surface area (Å²) in [6, 6.07) is 12.9. The van der Waals surface area contributed by atoms with Crippen molar-refractivity contribution in [3.05, 3.63) is 64.8 Å². The van der Waals surface area contributed by atoms with Crippen molar-refractivity contribution in [1.29, 1.82) is 0 Å². The highest BCUT2D eigenvalue weighted by molar-refractivity contribution is 9.10. The molecule has 0 saturated carbocycles. The van der Waals surface area contributed by atoms with Gasteiger partial charge in [-0.25, -0.2) is 4.68 Å². The summed E-state index contributed by atoms with van der Waals surface area (Å²) in [4.78, 5) is 0. The molecule has 1 aromatic carbocycles. The Morgan fingerprint density at radius 1 is 1.16 bits per heavy atom. The lowest BCUT2D eigenvalue weighted by atomic mass is 10.2. The smallest absolute Gasteiger partial charge is 0.169 e. The van der Waals surface area contributed by atoms with Gasteiger partial charge in [-0.15, -0.1) is 5.10 Å². The average molecular weight is 319 g/mol. The molecule has 0 aliphatic carbocycles. The molecule has 3 rings (SSSR count). The van der Waals surface area contributed by atoms with Crippen LogP contribution in [0.25, 0.3) is 5.69 Å². The van der Waals surface area contributed by atoms with Gasteiger partial charge in [0.1, 0.15) is 11.8 Å². The number of aromatic nitrogens is 3. The fraction of sp³-hybridized carbons (Fsp3) is 0.0769. The van der Waals surface area contributed by atoms with Crippen molar-refractivity contribution in [2.24, 2.45) is 5.73 Å². The third-order valence-corrected chi connectivity index (χ3v) is 3.22. The number of benzene rings is 1. The van der Waals surface area contributed by atoms with Crippen molar-refractivity contribution in [2.75, 3.05) is 0 Å². The molecule has 2 heterocycles. The van der Waals surface area contributed by atoms with Crippen molar-refractivity contribution in [3.8, 4) is 5.69 Å². The van der Waals surface area contributed by atoms with Gasteiger partial charge >= 0.3 is 0 Å². The summed E-state index contributed by atoms with van der Waals surface area (Å²) in [5.41, 5.74) is 7.88. The lowest BCUT2D eigenvalue weighted by molar-refractivity contribution is 0.464. The van der Waals surface area contributed by atoms with Crippen LogP contribution < -0.4 is 5.73 Å². The Morgan fingerprint density at radius 2 is 1.95 bits per heavy atom. The van der Waals surface area contributed by atoms with Gasteiger partial charge in [0, 0.05) is 0 Å². The lowest BCUT2D eigenvalue weighted by Crippen LogP contribution is -2.16. The van der Waals surface area contributed by atoms with Gasteiger partial charge in [-0.1, -0.05) is 23.4 Å². The Morgan fingerprint density at radius 3 is 2.63 bits per heavy atom. The Balaban J connectivity index is 2.01. The molecule has 0 aliphatic rings. The van der Waals surface area contributed by atoms with Crippen LogP contribution in [0.3, 0.4) is 0 Å². The van der Waals surface area contributed by atoms with Crippen LogP contribution in [0.2, 0.25) is 0 Å². The van der Waals surface area contributed by atoms with E-state index in [0.29, 0.717) is 10.4 Å². The Hall–Kier alpha value is -1.92. The topological polar surface area (TPSA) is 69.9 Å². The SMILES string of the molecule is NC(c1ccc(Br)o1)c1cnnn1-c1ccccc1. The molecule has 3 aromatic rings. The van der Waals surface area contributed by atoms with Gasteiger partial charge in [0.15, 0.2) is 4.67 Å². The fourth-order valence-corrected chi connectivity index (χ4v) is 2.19. The number of furan rings is 1. The van der Waals surface area contributed by atoms with Crippen LogP contribution in [0.5, 0.6) is 0 Å². The number of nitrogens with zero attached hydrogens (tertiary/aromatic N) is 3. The largest absolute Gasteiger partial charge is 0.452 e. The summed E-state index contributed by atoms with van der Waals surface area (Å²) in [7, 11) is 0. The monoisotopic (exact) mass is 318 g/mol. The number of hydrogen-bond acceptors (Lipinski definition) is 4. The molecule has 0 bridgehead atoms. The first-order valence-corrected chi connectivity index (χ1v) is 6.52. The number of rotatable bonds is 3. The second-order valence-corrected chi connectivity index (χ2v) is 4.81. The molecule has 0 aliphatic heterocycles. The van der Waals surface area contributed by atoms with Gasteiger partial charge < -0.3 is 10.2 Å². The molecule has 19 heavy (non-hydrogen) atoms. The van der Waals surface area contributed by atoms with Gasteiger partial charge in [-0.2, -0.15) is 0 Å². The second kappa shape index (κ2) is 4.99. The van der Waals surface area contributed by atoms with E-state index < -0.39 is 6.04 Å². The van der Waals surface area contributed by atoms with Crippen LogP contribution in [0.1, 0.15) is 17.5 Å². The Kier molecular flexibility index (Phi) is 3.18. The molecule has 2 aromatic heterocycles. The minimum Gasteiger partial charge on any atom is -0.452 e. The third-order valence-electron chi connectivity index (χ3n) is 2.80. The van der Waals surface area contributed by atoms with E-state index in [-0.39, 0.29) is 0 Å². The number of para-hydroxylation sites is 1. The van der Waals surface area contributed by atoms with E-state index in [0.717, 1.165) is 11.4 Å². The zero-order valence-electron chi connectivity index (χ0n) is 9.90. The van der Waals surface area contributed by atoms with Crippen molar-refractivity contribution in [3.63, 3.8) is 0 Å². The first-order valence-electron chi connectivity index (χ1n) is 5.72. The van der Waals surface area contributed by atoms with Gasteiger partial charge in [0.25, 0.3) is 0 Å². The zero-order valence-corrected chi connectivity index (χ0v) is 11.5. The van der Waals surface area contributed by atoms with Crippen LogP contribution >= 0.6 is 15.9 Å². The van der Waals surface area contributed by atoms with E-state index in [2.05, 4.69) is 26.2 Å². The summed E-state index contributed by atoms with van der Waals surface area (Å²) in [6.07, 6.45) is 1.65. The normalized spacial score (nSPS) is 12.5. The maximum Gasteiger partial charge on any atom is 0.169 e. The minimum atomic E-state index is -0.415. The summed E-state index contributed by atoms with van der Waals surface area (Å²) in [5.74, 6) is 0.659. The van der Waals surface area contributed by atoms with Crippen molar-refractivity contribution in [1.82, 2.24) is 15.0 Å². The first kappa shape index (κ1) is 12.1. The number of halogens is 1. The van der Waals surface area contributed by atoms with E-state index in [1.165, 1.54) is 0 Å². The highest BCUT2D eigenvalue weighted by Gasteiger charge is 2.18. The Labute approximate surface area is 118 Å². The summed E-state index contributed by atoms with van der Waals surface area (Å²) in [5, 5.41) is 8.00. The zero-order chi connectivity index (χ0) is 13.2. The Bertz CT molecular complexity index is 677. The van der Waals surface area contributed by atoms with E-state index in [1.807, 2.05) is 42.5 Å². The van der Waals surface area contributed by atoms with Crippen LogP contribution in [0, 0.1) is 0 Å². The number of hydrogen-bond donors (Lipinski definition) is 1. The molecular weight excluding hydrogens is 308 g/mol. The molecule has 0 fully saturated rings. The molecule has 2 N–H and O–H groups in total. The minimum absolute atomic E-state index is 0.415. The molecule has 0 amide bonds. The molecule has 0 spiro atoms. The van der Waals surface area contributed by atoms with E-state index >= 15 is 0 Å². The van der Waals surface area contributed by atoms with Gasteiger partial charge in [-0.3, -0.25) is 0 Å². The molecule has 0 radical (unpaired) electrons. The predicted molar refractivity (Wildman–Crippen MR) is 73.8 cm³/mol. The van der Waals surface area contributed by atoms with E-state index in [1.54, 1.807) is 10.9 Å². The van der Waals surface area contributed by atoms with Crippen molar-refractivity contribution < 1.29 is 4.42 Å². The van der Waals surface area contributed by atoms with Gasteiger partial charge in [-0.05, 0) is 40.2 Å². The molecular formula is C13H11BrN4O. The van der Waals surface area contributed by atoms with Crippen LogP contribution in [-0.4, -0.2) is 15.0 Å². The molecule has 0 saturated heterocycles. The first-order chi connectivity index (χ1) is 9.25. The molecule has 5 nitrogen and oxygen atoms in total. The average Bonchev–Trinajstić information content (AvgIpc) is 3.07. The summed E-state index contributed by atoms with van der Waals surface area (Å²) in [6.45, 7) is 0. The molecule has 6 heteroatoms. The summed E-state index contributed by atoms with van der Waals surface area (Å²) >= 11 is 3.27. The standard InChI is InChI=1S/C13H11BrN4O/c14-12-7-6-11(19-12)13(15)10-8-16-17-18(10)9-4-2-1-3-5-9/h1-8,13H,15H2. The third kappa shape index (κ3) is 2.32. The second-order valence-electron chi connectivity index (χ2n) is 4.03. The highest BCUT2D eigenvalue weighted by Crippen LogP contribution is 2.24. The molecule has 96 valence electrons. The number of nitrogens with two attached hydrogens (primary N) is 1. The maximum atomic E-state index is 6.20. The van der Waals surface area contributed by atoms with Gasteiger partial charge in [0.2, 0.25) is 0 Å². The quantitative estimate of drug-likeness (QED) is 0.806. The molecule has 1 atom stereocenters. The van der Waals surface area contributed by atoms with Gasteiger partial charge in [0.05, 0.1) is 17.6 Å². The highest BCUT2D eigenvalue weighted by atomic mass is 79.9. The van der Waals surface area contributed by atoms with Crippen LogP contribution in [0.15, 0.2) is 57.7 Å². The summed E-state index contributed by atoms with van der Waals surface area (Å²) < 4.78 is 7.84. The van der Waals surface area contributed by atoms with Crippen molar-refractivity contribution in [2.45, 2.75) is 6.04 Å². The van der Waals surface area contributed by atoms with E-state index in [9.17, 15) is 0 Å². The maximum absolute atomic E-state index is 6.20. The molecule has 1 unspecified atom stereocenters. The van der Waals surface area contributed by atoms with Crippen molar-refractivity contribution >= 4 is 15.9 Å². The fourth-order valence-electron chi connectivity index (χ4n) is 1.87. The van der Waals surface area contributed by atoms with Crippen LogP contribution in [0.4, 0.5) is 0 Å². The van der Waals surface area contributed by atoms with Crippen LogP contribution in [-0.2, 0) is 0 Å².